The standard InChI is InChI=1S/C25H22Cl2FN5O2/c1-14-12-30-25(32-21-6-5-18(28)11-19(21)27)33-23(14)16-10-22(29-13-16)24(35)31-20(7-8-34)15-3-2-4-17(26)9-15/h2-6,9-13,20,29,34H,7-8H2,1H3,(H,31,35)(H,30,32,33)/t20-/m1/s1. The van der Waals surface area contributed by atoms with E-state index in [1.165, 1.54) is 18.2 Å². The summed E-state index contributed by atoms with van der Waals surface area (Å²) in [5.41, 5.74) is 3.69. The van der Waals surface area contributed by atoms with Gasteiger partial charge in [-0.15, -0.1) is 0 Å². The highest BCUT2D eigenvalue weighted by Gasteiger charge is 2.18. The van der Waals surface area contributed by atoms with E-state index >= 15 is 0 Å². The van der Waals surface area contributed by atoms with Crippen LogP contribution in [0.15, 0.2) is 60.9 Å². The molecule has 4 aromatic rings. The molecule has 4 N–H and O–H groups in total. The first-order valence-corrected chi connectivity index (χ1v) is 11.5. The molecule has 0 saturated carbocycles. The smallest absolute Gasteiger partial charge is 0.268 e. The summed E-state index contributed by atoms with van der Waals surface area (Å²) >= 11 is 12.2. The third-order valence-electron chi connectivity index (χ3n) is 5.32. The van der Waals surface area contributed by atoms with Crippen molar-refractivity contribution < 1.29 is 14.3 Å². The zero-order valence-corrected chi connectivity index (χ0v) is 20.2. The summed E-state index contributed by atoms with van der Waals surface area (Å²) in [5.74, 6) is -0.506. The predicted octanol–water partition coefficient (Wildman–Crippen LogP) is 5.82. The van der Waals surface area contributed by atoms with Crippen LogP contribution >= 0.6 is 23.2 Å². The Hall–Kier alpha value is -3.46. The number of hydrogen-bond donors (Lipinski definition) is 4. The molecule has 2 heterocycles. The Bertz CT molecular complexity index is 1360. The second kappa shape index (κ2) is 10.9. The molecule has 0 bridgehead atoms. The molecule has 0 saturated heterocycles. The maximum atomic E-state index is 13.3. The third kappa shape index (κ3) is 5.97. The number of halogens is 3. The molecule has 0 aliphatic rings. The minimum Gasteiger partial charge on any atom is -0.396 e. The Labute approximate surface area is 211 Å². The van der Waals surface area contributed by atoms with Crippen LogP contribution in [0.1, 0.15) is 34.1 Å². The molecule has 0 aliphatic carbocycles. The molecule has 1 atom stereocenters. The van der Waals surface area contributed by atoms with E-state index in [0.717, 1.165) is 11.1 Å². The molecule has 35 heavy (non-hydrogen) atoms. The molecule has 2 aromatic heterocycles. The first kappa shape index (κ1) is 24.7. The van der Waals surface area contributed by atoms with Gasteiger partial charge in [0.2, 0.25) is 5.95 Å². The van der Waals surface area contributed by atoms with Gasteiger partial charge in [0.1, 0.15) is 11.5 Å². The topological polar surface area (TPSA) is 103 Å². The molecule has 0 radical (unpaired) electrons. The minimum atomic E-state index is -0.444. The summed E-state index contributed by atoms with van der Waals surface area (Å²) in [6, 6.07) is 12.4. The molecule has 0 unspecified atom stereocenters. The number of aromatic nitrogens is 3. The average Bonchev–Trinajstić information content (AvgIpc) is 3.32. The summed E-state index contributed by atoms with van der Waals surface area (Å²) in [4.78, 5) is 24.7. The Morgan fingerprint density at radius 3 is 2.77 bits per heavy atom. The number of aryl methyl sites for hydroxylation is 1. The number of anilines is 2. The molecule has 10 heteroatoms. The third-order valence-corrected chi connectivity index (χ3v) is 5.87. The summed E-state index contributed by atoms with van der Waals surface area (Å²) in [6.45, 7) is 1.76. The Morgan fingerprint density at radius 1 is 1.20 bits per heavy atom. The lowest BCUT2D eigenvalue weighted by atomic mass is 10.0. The Balaban J connectivity index is 1.54. The number of H-pyrrole nitrogens is 1. The number of rotatable bonds is 8. The lowest BCUT2D eigenvalue weighted by Crippen LogP contribution is -2.29. The molecule has 180 valence electrons. The maximum absolute atomic E-state index is 13.3. The van der Waals surface area contributed by atoms with Crippen molar-refractivity contribution in [1.82, 2.24) is 20.3 Å². The second-order valence-electron chi connectivity index (χ2n) is 7.87. The van der Waals surface area contributed by atoms with Crippen molar-refractivity contribution in [2.45, 2.75) is 19.4 Å². The number of carbonyl (C=O) groups excluding carboxylic acids is 1. The first-order chi connectivity index (χ1) is 16.8. The summed E-state index contributed by atoms with van der Waals surface area (Å²) < 4.78 is 13.3. The predicted molar refractivity (Wildman–Crippen MR) is 135 cm³/mol. The van der Waals surface area contributed by atoms with Gasteiger partial charge in [0.25, 0.3) is 5.91 Å². The molecule has 7 nitrogen and oxygen atoms in total. The number of aliphatic hydroxyl groups is 1. The lowest BCUT2D eigenvalue weighted by Gasteiger charge is -2.18. The van der Waals surface area contributed by atoms with E-state index in [4.69, 9.17) is 23.2 Å². The number of benzene rings is 2. The second-order valence-corrected chi connectivity index (χ2v) is 8.71. The van der Waals surface area contributed by atoms with Crippen molar-refractivity contribution in [2.24, 2.45) is 0 Å². The number of carbonyl (C=O) groups is 1. The van der Waals surface area contributed by atoms with Crippen molar-refractivity contribution in [3.63, 3.8) is 0 Å². The molecule has 4 rings (SSSR count). The molecule has 0 fully saturated rings. The fourth-order valence-electron chi connectivity index (χ4n) is 3.58. The van der Waals surface area contributed by atoms with E-state index in [-0.39, 0.29) is 23.5 Å². The summed E-state index contributed by atoms with van der Waals surface area (Å²) in [7, 11) is 0. The Kier molecular flexibility index (Phi) is 7.65. The molecule has 2 aromatic carbocycles. The van der Waals surface area contributed by atoms with Crippen LogP contribution in [-0.4, -0.2) is 32.6 Å². The Morgan fingerprint density at radius 2 is 2.03 bits per heavy atom. The van der Waals surface area contributed by atoms with E-state index in [2.05, 4.69) is 25.6 Å². The number of hydrogen-bond acceptors (Lipinski definition) is 5. The number of aliphatic hydroxyl groups excluding tert-OH is 1. The molecule has 0 aliphatic heterocycles. The highest BCUT2D eigenvalue weighted by Crippen LogP contribution is 2.28. The van der Waals surface area contributed by atoms with Crippen molar-refractivity contribution in [3.05, 3.63) is 93.6 Å². The van der Waals surface area contributed by atoms with Gasteiger partial charge < -0.3 is 20.7 Å². The first-order valence-electron chi connectivity index (χ1n) is 10.8. The fourth-order valence-corrected chi connectivity index (χ4v) is 3.99. The van der Waals surface area contributed by atoms with Gasteiger partial charge in [-0.25, -0.2) is 14.4 Å². The van der Waals surface area contributed by atoms with Gasteiger partial charge >= 0.3 is 0 Å². The molecular weight excluding hydrogens is 492 g/mol. The van der Waals surface area contributed by atoms with Crippen LogP contribution in [0.4, 0.5) is 16.0 Å². The van der Waals surface area contributed by atoms with Gasteiger partial charge in [-0.3, -0.25) is 4.79 Å². The lowest BCUT2D eigenvalue weighted by molar-refractivity contribution is 0.0925. The minimum absolute atomic E-state index is 0.0958. The van der Waals surface area contributed by atoms with Crippen LogP contribution in [0, 0.1) is 12.7 Å². The van der Waals surface area contributed by atoms with Gasteiger partial charge in [-0.05, 0) is 60.9 Å². The quantitative estimate of drug-likeness (QED) is 0.237. The molecule has 0 spiro atoms. The van der Waals surface area contributed by atoms with Crippen molar-refractivity contribution in [1.29, 1.82) is 0 Å². The fraction of sp³-hybridized carbons (Fsp3) is 0.160. The van der Waals surface area contributed by atoms with E-state index in [0.29, 0.717) is 34.1 Å². The monoisotopic (exact) mass is 513 g/mol. The summed E-state index contributed by atoms with van der Waals surface area (Å²) in [5, 5.41) is 16.1. The summed E-state index contributed by atoms with van der Waals surface area (Å²) in [6.07, 6.45) is 3.66. The zero-order chi connectivity index (χ0) is 24.9. The highest BCUT2D eigenvalue weighted by molar-refractivity contribution is 6.33. The number of nitrogens with one attached hydrogen (secondary N) is 3. The largest absolute Gasteiger partial charge is 0.396 e. The van der Waals surface area contributed by atoms with Crippen LogP contribution in [0.5, 0.6) is 0 Å². The van der Waals surface area contributed by atoms with E-state index in [1.807, 2.05) is 13.0 Å². The average molecular weight is 514 g/mol. The molecular formula is C25H22Cl2FN5O2. The van der Waals surface area contributed by atoms with Gasteiger partial charge in [-0.1, -0.05) is 35.3 Å². The van der Waals surface area contributed by atoms with E-state index < -0.39 is 11.9 Å². The van der Waals surface area contributed by atoms with Crippen LogP contribution in [-0.2, 0) is 0 Å². The van der Waals surface area contributed by atoms with E-state index in [9.17, 15) is 14.3 Å². The van der Waals surface area contributed by atoms with Gasteiger partial charge in [-0.2, -0.15) is 0 Å². The maximum Gasteiger partial charge on any atom is 0.268 e. The number of aromatic amines is 1. The van der Waals surface area contributed by atoms with E-state index in [1.54, 1.807) is 36.7 Å². The zero-order valence-electron chi connectivity index (χ0n) is 18.6. The van der Waals surface area contributed by atoms with Gasteiger partial charge in [0, 0.05) is 29.6 Å². The van der Waals surface area contributed by atoms with Crippen molar-refractivity contribution in [3.8, 4) is 11.3 Å². The normalized spacial score (nSPS) is 11.8. The SMILES string of the molecule is Cc1cnc(Nc2ccc(F)cc2Cl)nc1-c1c[nH]c(C(=O)N[C@H](CCO)c2cccc(Cl)c2)c1. The van der Waals surface area contributed by atoms with Crippen LogP contribution in [0.25, 0.3) is 11.3 Å². The van der Waals surface area contributed by atoms with Crippen LogP contribution in [0.3, 0.4) is 0 Å². The van der Waals surface area contributed by atoms with Gasteiger partial charge in [0.05, 0.1) is 22.4 Å². The van der Waals surface area contributed by atoms with Gasteiger partial charge in [0.15, 0.2) is 0 Å². The van der Waals surface area contributed by atoms with Crippen molar-refractivity contribution >= 4 is 40.7 Å². The number of amides is 1. The van der Waals surface area contributed by atoms with Crippen LogP contribution < -0.4 is 10.6 Å². The van der Waals surface area contributed by atoms with Crippen LogP contribution in [0.2, 0.25) is 10.0 Å². The highest BCUT2D eigenvalue weighted by atomic mass is 35.5. The molecule has 1 amide bonds. The van der Waals surface area contributed by atoms with Crippen molar-refractivity contribution in [2.75, 3.05) is 11.9 Å². The number of nitrogens with zero attached hydrogens (tertiary/aromatic N) is 2.